The first-order chi connectivity index (χ1) is 9.01. The second-order valence-electron chi connectivity index (χ2n) is 3.88. The smallest absolute Gasteiger partial charge is 0.250 e. The number of aliphatic hydroxyl groups is 1. The van der Waals surface area contributed by atoms with Gasteiger partial charge in [0, 0.05) is 23.2 Å². The number of aryl methyl sites for hydroxylation is 1. The van der Waals surface area contributed by atoms with Gasteiger partial charge in [0.2, 0.25) is 10.0 Å². The topological polar surface area (TPSA) is 79.3 Å². The molecule has 2 aromatic heterocycles. The summed E-state index contributed by atoms with van der Waals surface area (Å²) >= 11 is 2.63. The minimum atomic E-state index is -3.48. The molecule has 2 rings (SSSR count). The number of sulfonamides is 1. The Morgan fingerprint density at radius 2 is 2.21 bits per heavy atom. The van der Waals surface area contributed by atoms with Gasteiger partial charge in [-0.15, -0.1) is 22.7 Å². The van der Waals surface area contributed by atoms with Gasteiger partial charge < -0.3 is 5.11 Å². The molecular weight excluding hydrogens is 304 g/mol. The van der Waals surface area contributed by atoms with Crippen LogP contribution in [0.25, 0.3) is 0 Å². The summed E-state index contributed by atoms with van der Waals surface area (Å²) in [6.45, 7) is 2.09. The molecule has 0 bridgehead atoms. The number of rotatable bonds is 6. The summed E-state index contributed by atoms with van der Waals surface area (Å²) in [6.07, 6.45) is 0.571. The molecule has 0 saturated carbocycles. The van der Waals surface area contributed by atoms with Crippen molar-refractivity contribution in [1.29, 1.82) is 0 Å². The fraction of sp³-hybridized carbons (Fsp3) is 0.364. The third kappa shape index (κ3) is 3.83. The predicted molar refractivity (Wildman–Crippen MR) is 76.0 cm³/mol. The number of aliphatic hydroxyl groups excluding tert-OH is 1. The van der Waals surface area contributed by atoms with Crippen molar-refractivity contribution in [2.75, 3.05) is 6.54 Å². The van der Waals surface area contributed by atoms with Crippen LogP contribution in [0.4, 0.5) is 0 Å². The van der Waals surface area contributed by atoms with E-state index in [9.17, 15) is 8.42 Å². The van der Waals surface area contributed by atoms with Crippen LogP contribution >= 0.6 is 22.7 Å². The monoisotopic (exact) mass is 318 g/mol. The van der Waals surface area contributed by atoms with Crippen molar-refractivity contribution in [3.8, 4) is 0 Å². The molecule has 0 unspecified atom stereocenters. The standard InChI is InChI=1S/C11H14N2O3S3/c1-8-13-9(7-17-8)4-5-12-19(15,16)11-3-2-10(6-14)18-11/h2-3,7,12,14H,4-6H2,1H3. The van der Waals surface area contributed by atoms with E-state index >= 15 is 0 Å². The van der Waals surface area contributed by atoms with E-state index in [0.29, 0.717) is 17.8 Å². The molecule has 2 N–H and O–H groups in total. The van der Waals surface area contributed by atoms with Gasteiger partial charge in [0.25, 0.3) is 0 Å². The van der Waals surface area contributed by atoms with Gasteiger partial charge in [0.05, 0.1) is 17.3 Å². The average molecular weight is 318 g/mol. The van der Waals surface area contributed by atoms with E-state index in [2.05, 4.69) is 9.71 Å². The maximum Gasteiger partial charge on any atom is 0.250 e. The lowest BCUT2D eigenvalue weighted by molar-refractivity contribution is 0.285. The molecule has 19 heavy (non-hydrogen) atoms. The highest BCUT2D eigenvalue weighted by molar-refractivity contribution is 7.91. The van der Waals surface area contributed by atoms with Crippen molar-refractivity contribution >= 4 is 32.7 Å². The second-order valence-corrected chi connectivity index (χ2v) is 8.11. The summed E-state index contributed by atoms with van der Waals surface area (Å²) < 4.78 is 26.7. The lowest BCUT2D eigenvalue weighted by Crippen LogP contribution is -2.25. The van der Waals surface area contributed by atoms with E-state index in [-0.39, 0.29) is 10.8 Å². The summed E-state index contributed by atoms with van der Waals surface area (Å²) in [6, 6.07) is 3.12. The van der Waals surface area contributed by atoms with E-state index in [1.165, 1.54) is 6.07 Å². The first kappa shape index (κ1) is 14.6. The van der Waals surface area contributed by atoms with Gasteiger partial charge in [0.1, 0.15) is 4.21 Å². The number of thiophene rings is 1. The number of nitrogens with one attached hydrogen (secondary N) is 1. The third-order valence-corrected chi connectivity index (χ3v) is 6.24. The molecule has 2 aromatic rings. The van der Waals surface area contributed by atoms with Crippen LogP contribution < -0.4 is 4.72 Å². The van der Waals surface area contributed by atoms with E-state index in [0.717, 1.165) is 22.0 Å². The zero-order valence-electron chi connectivity index (χ0n) is 10.3. The van der Waals surface area contributed by atoms with Crippen molar-refractivity contribution in [2.45, 2.75) is 24.2 Å². The Labute approximate surface area is 120 Å². The van der Waals surface area contributed by atoms with Gasteiger partial charge in [-0.1, -0.05) is 0 Å². The van der Waals surface area contributed by atoms with Gasteiger partial charge in [-0.05, 0) is 19.1 Å². The first-order valence-electron chi connectivity index (χ1n) is 5.61. The van der Waals surface area contributed by atoms with Gasteiger partial charge in [-0.25, -0.2) is 18.1 Å². The summed E-state index contributed by atoms with van der Waals surface area (Å²) in [5.74, 6) is 0. The zero-order chi connectivity index (χ0) is 13.9. The number of thiazole rings is 1. The Bertz CT molecular complexity index is 646. The maximum absolute atomic E-state index is 12.0. The highest BCUT2D eigenvalue weighted by Crippen LogP contribution is 2.21. The van der Waals surface area contributed by atoms with Crippen LogP contribution in [0.15, 0.2) is 21.7 Å². The van der Waals surface area contributed by atoms with Crippen molar-refractivity contribution in [3.63, 3.8) is 0 Å². The molecule has 0 spiro atoms. The molecular formula is C11H14N2O3S3. The van der Waals surface area contributed by atoms with Crippen LogP contribution in [0, 0.1) is 6.92 Å². The molecule has 0 saturated heterocycles. The number of aromatic nitrogens is 1. The quantitative estimate of drug-likeness (QED) is 0.846. The van der Waals surface area contributed by atoms with Crippen molar-refractivity contribution < 1.29 is 13.5 Å². The molecule has 0 fully saturated rings. The molecule has 5 nitrogen and oxygen atoms in total. The second kappa shape index (κ2) is 6.10. The van der Waals surface area contributed by atoms with Crippen LogP contribution in [0.5, 0.6) is 0 Å². The van der Waals surface area contributed by atoms with Gasteiger partial charge in [0.15, 0.2) is 0 Å². The Hall–Kier alpha value is -0.800. The average Bonchev–Trinajstić information content (AvgIpc) is 2.98. The fourth-order valence-corrected chi connectivity index (χ4v) is 4.43. The van der Waals surface area contributed by atoms with E-state index in [1.54, 1.807) is 17.4 Å². The fourth-order valence-electron chi connectivity index (χ4n) is 1.50. The third-order valence-electron chi connectivity index (χ3n) is 2.40. The Kier molecular flexibility index (Phi) is 4.69. The number of hydrogen-bond acceptors (Lipinski definition) is 6. The van der Waals surface area contributed by atoms with Crippen molar-refractivity contribution in [1.82, 2.24) is 9.71 Å². The highest BCUT2D eigenvalue weighted by Gasteiger charge is 2.16. The summed E-state index contributed by atoms with van der Waals surface area (Å²) in [5, 5.41) is 11.8. The number of nitrogens with zero attached hydrogens (tertiary/aromatic N) is 1. The molecule has 104 valence electrons. The summed E-state index contributed by atoms with van der Waals surface area (Å²) in [5.41, 5.74) is 0.896. The lowest BCUT2D eigenvalue weighted by Gasteiger charge is -2.03. The molecule has 0 amide bonds. The minimum Gasteiger partial charge on any atom is -0.391 e. The molecule has 0 aliphatic carbocycles. The Balaban J connectivity index is 1.94. The van der Waals surface area contributed by atoms with E-state index < -0.39 is 10.0 Å². The SMILES string of the molecule is Cc1nc(CCNS(=O)(=O)c2ccc(CO)s2)cs1. The normalized spacial score (nSPS) is 11.9. The molecule has 0 radical (unpaired) electrons. The van der Waals surface area contributed by atoms with Crippen LogP contribution in [-0.2, 0) is 23.1 Å². The molecule has 0 aliphatic heterocycles. The molecule has 8 heteroatoms. The van der Waals surface area contributed by atoms with Gasteiger partial charge in [-0.2, -0.15) is 0 Å². The Morgan fingerprint density at radius 3 is 2.79 bits per heavy atom. The summed E-state index contributed by atoms with van der Waals surface area (Å²) in [7, 11) is -3.48. The highest BCUT2D eigenvalue weighted by atomic mass is 32.2. The number of hydrogen-bond donors (Lipinski definition) is 2. The molecule has 0 aromatic carbocycles. The predicted octanol–water partition coefficient (Wildman–Crippen LogP) is 1.53. The van der Waals surface area contributed by atoms with Gasteiger partial charge in [-0.3, -0.25) is 0 Å². The van der Waals surface area contributed by atoms with E-state index in [1.807, 2.05) is 12.3 Å². The van der Waals surface area contributed by atoms with Crippen LogP contribution in [0.3, 0.4) is 0 Å². The van der Waals surface area contributed by atoms with Crippen LogP contribution in [0.2, 0.25) is 0 Å². The molecule has 2 heterocycles. The van der Waals surface area contributed by atoms with Crippen molar-refractivity contribution in [2.24, 2.45) is 0 Å². The summed E-state index contributed by atoms with van der Waals surface area (Å²) in [4.78, 5) is 4.91. The van der Waals surface area contributed by atoms with Crippen molar-refractivity contribution in [3.05, 3.63) is 33.1 Å². The first-order valence-corrected chi connectivity index (χ1v) is 8.79. The lowest BCUT2D eigenvalue weighted by atomic mass is 10.3. The van der Waals surface area contributed by atoms with Crippen LogP contribution in [0.1, 0.15) is 15.6 Å². The Morgan fingerprint density at radius 1 is 1.42 bits per heavy atom. The van der Waals surface area contributed by atoms with E-state index in [4.69, 9.17) is 5.11 Å². The zero-order valence-corrected chi connectivity index (χ0v) is 12.7. The largest absolute Gasteiger partial charge is 0.391 e. The van der Waals surface area contributed by atoms with Crippen LogP contribution in [-0.4, -0.2) is 25.1 Å². The maximum atomic E-state index is 12.0. The molecule has 0 aliphatic rings. The molecule has 0 atom stereocenters. The minimum absolute atomic E-state index is 0.141. The van der Waals surface area contributed by atoms with Gasteiger partial charge >= 0.3 is 0 Å².